The van der Waals surface area contributed by atoms with E-state index in [1.807, 2.05) is 0 Å². The second-order valence-electron chi connectivity index (χ2n) is 0. The average molecular weight is 397 g/mol. The topological polar surface area (TPSA) is 220 Å². The first-order valence-corrected chi connectivity index (χ1v) is 0. The van der Waals surface area contributed by atoms with Gasteiger partial charge in [-0.2, -0.15) is 0 Å². The molecule has 7 nitrogen and oxygen atoms in total. The quantitative estimate of drug-likeness (QED) is 0.275. The SMILES string of the molecule is O.O.O.O.O.O.O.[F-].[F-].[F-].[F-].[F-].[F-].[Zn+2].[Zr+4]. The maximum atomic E-state index is 0. The number of hydrogen-bond acceptors (Lipinski definition) is 0. The van der Waals surface area contributed by atoms with E-state index in [1.54, 1.807) is 0 Å². The van der Waals surface area contributed by atoms with Crippen LogP contribution in [0.2, 0.25) is 0 Å². The molecule has 0 aromatic heterocycles. The second-order valence-corrected chi connectivity index (χ2v) is 0. The van der Waals surface area contributed by atoms with E-state index < -0.39 is 0 Å². The maximum absolute atomic E-state index is 0. The van der Waals surface area contributed by atoms with Crippen molar-refractivity contribution < 1.29 is 112 Å². The smallest absolute Gasteiger partial charge is 1.00 e. The summed E-state index contributed by atoms with van der Waals surface area (Å²) in [4.78, 5) is 0. The third kappa shape index (κ3) is 3730. The molecule has 0 saturated carbocycles. The van der Waals surface area contributed by atoms with Gasteiger partial charge in [-0.05, 0) is 0 Å². The Kier molecular flexibility index (Phi) is 1540000. The van der Waals surface area contributed by atoms with Gasteiger partial charge in [0, 0.05) is 0 Å². The van der Waals surface area contributed by atoms with E-state index in [1.165, 1.54) is 0 Å². The Bertz CT molecular complexity index is 23.4. The third-order valence-corrected chi connectivity index (χ3v) is 0. The molecule has 0 atom stereocenters. The Balaban J connectivity index is 0. The Morgan fingerprint density at radius 2 is 0.267 bits per heavy atom. The van der Waals surface area contributed by atoms with E-state index in [9.17, 15) is 0 Å². The molecule has 0 aliphatic carbocycles. The van der Waals surface area contributed by atoms with Gasteiger partial charge in [-0.15, -0.1) is 0 Å². The van der Waals surface area contributed by atoms with Crippen LogP contribution in [-0.2, 0) is 45.7 Å². The molecule has 0 fully saturated rings. The van der Waals surface area contributed by atoms with Gasteiger partial charge in [0.25, 0.3) is 0 Å². The van der Waals surface area contributed by atoms with Crippen molar-refractivity contribution in [3.8, 4) is 0 Å². The van der Waals surface area contributed by atoms with Crippen LogP contribution in [0.15, 0.2) is 0 Å². The van der Waals surface area contributed by atoms with Crippen molar-refractivity contribution in [2.45, 2.75) is 0 Å². The molecule has 0 unspecified atom stereocenters. The fraction of sp³-hybridized carbons (Fsp3) is 0. The van der Waals surface area contributed by atoms with Crippen LogP contribution in [0.1, 0.15) is 0 Å². The van der Waals surface area contributed by atoms with E-state index in [-0.39, 0.29) is 112 Å². The normalized spacial score (nSPS) is 0. The summed E-state index contributed by atoms with van der Waals surface area (Å²) in [6.07, 6.45) is 0. The fourth-order valence-electron chi connectivity index (χ4n) is 0. The molecule has 0 aromatic rings. The first-order valence-electron chi connectivity index (χ1n) is 0. The summed E-state index contributed by atoms with van der Waals surface area (Å²) >= 11 is 0. The number of rotatable bonds is 0. The van der Waals surface area contributed by atoms with Crippen LogP contribution >= 0.6 is 0 Å². The molecule has 0 spiro atoms. The standard InChI is InChI=1S/6FH.7H2O.Zn.Zr/h6*1H;7*1H2;;/q;;;;;;;;;;;;;+2;+4/p-6. The van der Waals surface area contributed by atoms with Crippen molar-refractivity contribution >= 4 is 0 Å². The van der Waals surface area contributed by atoms with E-state index in [0.717, 1.165) is 0 Å². The molecule has 0 aromatic carbocycles. The minimum absolute atomic E-state index is 0. The predicted molar refractivity (Wildman–Crippen MR) is 25.3 cm³/mol. The minimum atomic E-state index is 0. The van der Waals surface area contributed by atoms with Crippen LogP contribution in [0.4, 0.5) is 0 Å². The van der Waals surface area contributed by atoms with Gasteiger partial charge in [-0.1, -0.05) is 0 Å². The minimum Gasteiger partial charge on any atom is -1.00 e. The molecule has 104 valence electrons. The number of halogens is 6. The molecule has 0 saturated heterocycles. The van der Waals surface area contributed by atoms with Crippen LogP contribution in [-0.4, -0.2) is 38.3 Å². The average Bonchev–Trinajstić information content (AvgIpc) is 0. The van der Waals surface area contributed by atoms with Crippen molar-refractivity contribution in [3.05, 3.63) is 0 Å². The number of hydrogen-bond donors (Lipinski definition) is 0. The van der Waals surface area contributed by atoms with Crippen molar-refractivity contribution in [2.75, 3.05) is 0 Å². The molecule has 0 bridgehead atoms. The summed E-state index contributed by atoms with van der Waals surface area (Å²) in [5.74, 6) is 0. The summed E-state index contributed by atoms with van der Waals surface area (Å²) in [5.41, 5.74) is 0. The Hall–Kier alpha value is 0.806. The monoisotopic (exact) mass is 394 g/mol. The summed E-state index contributed by atoms with van der Waals surface area (Å²) in [6, 6.07) is 0. The van der Waals surface area contributed by atoms with Gasteiger partial charge >= 0.3 is 45.7 Å². The molecule has 15 heteroatoms. The zero-order chi connectivity index (χ0) is 0. The van der Waals surface area contributed by atoms with Gasteiger partial charge in [0.1, 0.15) is 0 Å². The fourth-order valence-corrected chi connectivity index (χ4v) is 0. The zero-order valence-corrected chi connectivity index (χ0v) is 12.4. The summed E-state index contributed by atoms with van der Waals surface area (Å²) in [6.45, 7) is 0. The molecular formula is H14F6O7ZnZr. The van der Waals surface area contributed by atoms with Gasteiger partial charge in [-0.3, -0.25) is 0 Å². The Morgan fingerprint density at radius 3 is 0.267 bits per heavy atom. The van der Waals surface area contributed by atoms with Crippen LogP contribution in [0.5, 0.6) is 0 Å². The van der Waals surface area contributed by atoms with Gasteiger partial charge < -0.3 is 66.6 Å². The first kappa shape index (κ1) is 5330. The maximum Gasteiger partial charge on any atom is 4.00 e. The summed E-state index contributed by atoms with van der Waals surface area (Å²) in [5, 5.41) is 0. The van der Waals surface area contributed by atoms with Crippen LogP contribution in [0.25, 0.3) is 0 Å². The Labute approximate surface area is 112 Å². The van der Waals surface area contributed by atoms with Crippen molar-refractivity contribution in [1.29, 1.82) is 0 Å². The van der Waals surface area contributed by atoms with Crippen molar-refractivity contribution in [3.63, 3.8) is 0 Å². The largest absolute Gasteiger partial charge is 4.00 e. The van der Waals surface area contributed by atoms with Crippen molar-refractivity contribution in [1.82, 2.24) is 0 Å². The van der Waals surface area contributed by atoms with E-state index >= 15 is 0 Å². The van der Waals surface area contributed by atoms with Gasteiger partial charge in [0.05, 0.1) is 0 Å². The molecule has 14 N–H and O–H groups in total. The molecule has 0 rings (SSSR count). The molecule has 15 heavy (non-hydrogen) atoms. The molecule has 0 radical (unpaired) electrons. The van der Waals surface area contributed by atoms with Crippen LogP contribution in [0, 0.1) is 0 Å². The molecule has 0 heterocycles. The summed E-state index contributed by atoms with van der Waals surface area (Å²) in [7, 11) is 0. The van der Waals surface area contributed by atoms with E-state index in [2.05, 4.69) is 0 Å². The summed E-state index contributed by atoms with van der Waals surface area (Å²) < 4.78 is 0. The molecule has 0 aliphatic heterocycles. The van der Waals surface area contributed by atoms with E-state index in [0.29, 0.717) is 0 Å². The van der Waals surface area contributed by atoms with Gasteiger partial charge in [0.2, 0.25) is 0 Å². The molecule has 0 aliphatic rings. The first-order chi connectivity index (χ1) is 0. The predicted octanol–water partition coefficient (Wildman–Crippen LogP) is -23.8. The van der Waals surface area contributed by atoms with Gasteiger partial charge in [0.15, 0.2) is 0 Å². The van der Waals surface area contributed by atoms with Crippen LogP contribution in [0.3, 0.4) is 0 Å². The molecular weight excluding hydrogens is 383 g/mol. The van der Waals surface area contributed by atoms with Crippen molar-refractivity contribution in [2.24, 2.45) is 0 Å². The zero-order valence-electron chi connectivity index (χ0n) is 6.97. The van der Waals surface area contributed by atoms with E-state index in [4.69, 9.17) is 0 Å². The Morgan fingerprint density at radius 1 is 0.267 bits per heavy atom. The van der Waals surface area contributed by atoms with Crippen LogP contribution < -0.4 is 28.2 Å². The third-order valence-electron chi connectivity index (χ3n) is 0. The molecule has 0 amide bonds. The second kappa shape index (κ2) is 4340. The van der Waals surface area contributed by atoms with Gasteiger partial charge in [-0.25, -0.2) is 0 Å².